The summed E-state index contributed by atoms with van der Waals surface area (Å²) in [6.07, 6.45) is 2.61. The molecule has 2 heterocycles. The van der Waals surface area contributed by atoms with E-state index in [9.17, 15) is 12.8 Å². The maximum absolute atomic E-state index is 13.7. The fraction of sp³-hybridized carbons (Fsp3) is 0.571. The zero-order valence-electron chi connectivity index (χ0n) is 11.5. The van der Waals surface area contributed by atoms with Gasteiger partial charge >= 0.3 is 0 Å². The predicted molar refractivity (Wildman–Crippen MR) is 74.5 cm³/mol. The van der Waals surface area contributed by atoms with E-state index in [0.29, 0.717) is 12.1 Å². The first-order valence-electron chi connectivity index (χ1n) is 7.00. The summed E-state index contributed by atoms with van der Waals surface area (Å²) in [5.41, 5.74) is 0.462. The number of aryl methyl sites for hydroxylation is 1. The van der Waals surface area contributed by atoms with Crippen molar-refractivity contribution in [3.8, 4) is 0 Å². The molecule has 4 nitrogen and oxygen atoms in total. The van der Waals surface area contributed by atoms with Crippen molar-refractivity contribution in [2.24, 2.45) is 0 Å². The van der Waals surface area contributed by atoms with Crippen molar-refractivity contribution in [3.05, 3.63) is 29.6 Å². The Kier molecular flexibility index (Phi) is 3.56. The Morgan fingerprint density at radius 1 is 1.25 bits per heavy atom. The first kappa shape index (κ1) is 14.0. The quantitative estimate of drug-likeness (QED) is 0.903. The van der Waals surface area contributed by atoms with Crippen molar-refractivity contribution in [1.82, 2.24) is 9.62 Å². The SMILES string of the molecule is Cc1ccc(S(=O)(=O)N2C3CCNCC2CC3)cc1F. The molecule has 2 saturated heterocycles. The monoisotopic (exact) mass is 298 g/mol. The summed E-state index contributed by atoms with van der Waals surface area (Å²) in [5.74, 6) is -0.466. The Morgan fingerprint density at radius 3 is 2.75 bits per heavy atom. The van der Waals surface area contributed by atoms with Crippen LogP contribution in [0.2, 0.25) is 0 Å². The summed E-state index contributed by atoms with van der Waals surface area (Å²) in [7, 11) is -3.61. The van der Waals surface area contributed by atoms with Gasteiger partial charge < -0.3 is 5.32 Å². The van der Waals surface area contributed by atoms with Crippen LogP contribution in [0, 0.1) is 12.7 Å². The highest BCUT2D eigenvalue weighted by Gasteiger charge is 2.43. The van der Waals surface area contributed by atoms with Gasteiger partial charge in [-0.2, -0.15) is 4.31 Å². The second-order valence-electron chi connectivity index (χ2n) is 5.62. The summed E-state index contributed by atoms with van der Waals surface area (Å²) in [6, 6.07) is 4.22. The molecule has 1 aromatic rings. The van der Waals surface area contributed by atoms with Crippen molar-refractivity contribution < 1.29 is 12.8 Å². The van der Waals surface area contributed by atoms with Crippen molar-refractivity contribution in [2.45, 2.75) is 43.2 Å². The smallest absolute Gasteiger partial charge is 0.243 e. The third-order valence-electron chi connectivity index (χ3n) is 4.31. The van der Waals surface area contributed by atoms with E-state index in [4.69, 9.17) is 0 Å². The number of benzene rings is 1. The van der Waals surface area contributed by atoms with Crippen LogP contribution in [0.5, 0.6) is 0 Å². The second kappa shape index (κ2) is 5.09. The molecule has 2 unspecified atom stereocenters. The molecule has 2 fully saturated rings. The van der Waals surface area contributed by atoms with Crippen LogP contribution in [0.1, 0.15) is 24.8 Å². The highest BCUT2D eigenvalue weighted by atomic mass is 32.2. The third kappa shape index (κ3) is 2.25. The number of sulfonamides is 1. The molecule has 0 spiro atoms. The maximum Gasteiger partial charge on any atom is 0.243 e. The van der Waals surface area contributed by atoms with Gasteiger partial charge in [0.1, 0.15) is 5.82 Å². The molecule has 3 rings (SSSR count). The van der Waals surface area contributed by atoms with E-state index >= 15 is 0 Å². The lowest BCUT2D eigenvalue weighted by atomic mass is 10.1. The number of halogens is 1. The van der Waals surface area contributed by atoms with E-state index < -0.39 is 15.8 Å². The topological polar surface area (TPSA) is 49.4 Å². The largest absolute Gasteiger partial charge is 0.315 e. The average Bonchev–Trinajstić information content (AvgIpc) is 2.66. The van der Waals surface area contributed by atoms with Crippen LogP contribution in [0.15, 0.2) is 23.1 Å². The zero-order valence-corrected chi connectivity index (χ0v) is 12.3. The van der Waals surface area contributed by atoms with Gasteiger partial charge in [-0.15, -0.1) is 0 Å². The molecule has 2 bridgehead atoms. The Morgan fingerprint density at radius 2 is 2.00 bits per heavy atom. The van der Waals surface area contributed by atoms with Crippen LogP contribution in [0.25, 0.3) is 0 Å². The highest BCUT2D eigenvalue weighted by Crippen LogP contribution is 2.33. The van der Waals surface area contributed by atoms with E-state index in [0.717, 1.165) is 31.9 Å². The van der Waals surface area contributed by atoms with Crippen LogP contribution in [-0.4, -0.2) is 37.9 Å². The number of hydrogen-bond acceptors (Lipinski definition) is 3. The van der Waals surface area contributed by atoms with Crippen LogP contribution in [0.3, 0.4) is 0 Å². The molecule has 2 aliphatic rings. The van der Waals surface area contributed by atoms with Gasteiger partial charge in [0.05, 0.1) is 4.90 Å². The minimum atomic E-state index is -3.61. The number of nitrogens with zero attached hydrogens (tertiary/aromatic N) is 1. The molecular weight excluding hydrogens is 279 g/mol. The van der Waals surface area contributed by atoms with Crippen molar-refractivity contribution in [3.63, 3.8) is 0 Å². The lowest BCUT2D eigenvalue weighted by molar-refractivity contribution is 0.334. The fourth-order valence-electron chi connectivity index (χ4n) is 3.19. The highest BCUT2D eigenvalue weighted by molar-refractivity contribution is 7.89. The van der Waals surface area contributed by atoms with Gasteiger partial charge in [-0.05, 0) is 50.4 Å². The molecular formula is C14H19FN2O2S. The Labute approximate surface area is 119 Å². The third-order valence-corrected chi connectivity index (χ3v) is 6.31. The van der Waals surface area contributed by atoms with Gasteiger partial charge in [0.15, 0.2) is 0 Å². The van der Waals surface area contributed by atoms with Gasteiger partial charge in [-0.25, -0.2) is 12.8 Å². The van der Waals surface area contributed by atoms with Crippen molar-refractivity contribution in [2.75, 3.05) is 13.1 Å². The molecule has 0 amide bonds. The van der Waals surface area contributed by atoms with Gasteiger partial charge in [0, 0.05) is 18.6 Å². The molecule has 1 N–H and O–H groups in total. The van der Waals surface area contributed by atoms with E-state index in [1.165, 1.54) is 12.1 Å². The van der Waals surface area contributed by atoms with Gasteiger partial charge in [-0.3, -0.25) is 0 Å². The molecule has 0 aromatic heterocycles. The van der Waals surface area contributed by atoms with Crippen LogP contribution < -0.4 is 5.32 Å². The molecule has 0 saturated carbocycles. The second-order valence-corrected chi connectivity index (χ2v) is 7.47. The minimum absolute atomic E-state index is 0.00290. The van der Waals surface area contributed by atoms with Gasteiger partial charge in [-0.1, -0.05) is 6.07 Å². The summed E-state index contributed by atoms with van der Waals surface area (Å²) in [4.78, 5) is 0.0689. The molecule has 0 radical (unpaired) electrons. The lowest BCUT2D eigenvalue weighted by Crippen LogP contribution is -2.42. The first-order valence-corrected chi connectivity index (χ1v) is 8.44. The molecule has 20 heavy (non-hydrogen) atoms. The summed E-state index contributed by atoms with van der Waals surface area (Å²) in [5, 5.41) is 3.27. The lowest BCUT2D eigenvalue weighted by Gasteiger charge is -2.27. The van der Waals surface area contributed by atoms with Crippen molar-refractivity contribution >= 4 is 10.0 Å². The van der Waals surface area contributed by atoms with Gasteiger partial charge in [0.25, 0.3) is 0 Å². The number of hydrogen-bond donors (Lipinski definition) is 1. The Hall–Kier alpha value is -0.980. The fourth-order valence-corrected chi connectivity index (χ4v) is 5.10. The molecule has 2 atom stereocenters. The predicted octanol–water partition coefficient (Wildman–Crippen LogP) is 1.65. The van der Waals surface area contributed by atoms with Crippen LogP contribution in [-0.2, 0) is 10.0 Å². The first-order chi connectivity index (χ1) is 9.50. The number of fused-ring (bicyclic) bond motifs is 2. The van der Waals surface area contributed by atoms with Crippen molar-refractivity contribution in [1.29, 1.82) is 0 Å². The number of rotatable bonds is 2. The molecule has 6 heteroatoms. The molecule has 0 aliphatic carbocycles. The van der Waals surface area contributed by atoms with E-state index in [2.05, 4.69) is 5.32 Å². The van der Waals surface area contributed by atoms with Crippen LogP contribution >= 0.6 is 0 Å². The van der Waals surface area contributed by atoms with Gasteiger partial charge in [0.2, 0.25) is 10.0 Å². The van der Waals surface area contributed by atoms with E-state index in [1.807, 2.05) is 0 Å². The number of nitrogens with one attached hydrogen (secondary N) is 1. The summed E-state index contributed by atoms with van der Waals surface area (Å²) < 4.78 is 40.9. The average molecular weight is 298 g/mol. The molecule has 110 valence electrons. The normalized spacial score (nSPS) is 27.5. The molecule has 1 aromatic carbocycles. The molecule has 2 aliphatic heterocycles. The van der Waals surface area contributed by atoms with E-state index in [1.54, 1.807) is 11.2 Å². The maximum atomic E-state index is 13.7. The summed E-state index contributed by atoms with van der Waals surface area (Å²) >= 11 is 0. The zero-order chi connectivity index (χ0) is 14.3. The summed E-state index contributed by atoms with van der Waals surface area (Å²) in [6.45, 7) is 3.16. The standard InChI is InChI=1S/C14H19FN2O2S/c1-10-2-5-13(8-14(10)15)20(18,19)17-11-3-4-12(17)9-16-7-6-11/h2,5,8,11-12,16H,3-4,6-7,9H2,1H3. The van der Waals surface area contributed by atoms with E-state index in [-0.39, 0.29) is 17.0 Å². The minimum Gasteiger partial charge on any atom is -0.315 e. The van der Waals surface area contributed by atoms with Crippen LogP contribution in [0.4, 0.5) is 4.39 Å². The Balaban J connectivity index is 2.00. The Bertz CT molecular complexity index is 604.